The van der Waals surface area contributed by atoms with Crippen LogP contribution in [0, 0.1) is 0 Å². The number of benzene rings is 1. The van der Waals surface area contributed by atoms with Gasteiger partial charge in [0, 0.05) is 32.1 Å². The van der Waals surface area contributed by atoms with E-state index in [2.05, 4.69) is 33.5 Å². The highest BCUT2D eigenvalue weighted by atomic mass is 16.3. The van der Waals surface area contributed by atoms with Crippen molar-refractivity contribution in [3.05, 3.63) is 29.8 Å². The van der Waals surface area contributed by atoms with Crippen LogP contribution in [0.3, 0.4) is 0 Å². The lowest BCUT2D eigenvalue weighted by Crippen LogP contribution is -2.64. The molecule has 0 radical (unpaired) electrons. The minimum absolute atomic E-state index is 0.0207. The van der Waals surface area contributed by atoms with Gasteiger partial charge in [-0.15, -0.1) is 0 Å². The number of hydrogen-bond donors (Lipinski definition) is 10. The topological polar surface area (TPSA) is 276 Å². The summed E-state index contributed by atoms with van der Waals surface area (Å²) in [5.41, 5.74) is 4.33. The molecule has 3 aliphatic rings. The molecule has 9 atom stereocenters. The number of hydrogen-bond acceptors (Lipinski definition) is 12. The number of rotatable bonds is 12. The minimum Gasteiger partial charge on any atom is -0.508 e. The summed E-state index contributed by atoms with van der Waals surface area (Å²) in [6.07, 6.45) is 4.20. The monoisotopic (exact) mass is 816 g/mol. The molecule has 0 saturated carbocycles. The Balaban J connectivity index is 1.64. The van der Waals surface area contributed by atoms with Gasteiger partial charge in [0.1, 0.15) is 29.9 Å². The van der Waals surface area contributed by atoms with E-state index in [0.29, 0.717) is 18.5 Å². The number of carbonyl (C=O) groups is 6. The molecule has 324 valence electrons. The van der Waals surface area contributed by atoms with E-state index < -0.39 is 89.6 Å². The first-order valence-electron chi connectivity index (χ1n) is 20.7. The highest BCUT2D eigenvalue weighted by Gasteiger charge is 2.47. The van der Waals surface area contributed by atoms with Gasteiger partial charge in [-0.05, 0) is 76.6 Å². The smallest absolute Gasteiger partial charge is 0.276 e. The van der Waals surface area contributed by atoms with Gasteiger partial charge in [0.25, 0.3) is 5.91 Å². The SMILES string of the molecule is CCCCCCCCNC1CCCNC(=O)C2CC(N)CN2C(=O)[C@@](C)(O)NC(=O)C(CCc2ccc(O)cc2)NC(=O)C2C[C@@H](O)CN2C(=O)C([C@@H](C)O)NC1=O. The maximum atomic E-state index is 14.1. The molecule has 0 bridgehead atoms. The second-order valence-electron chi connectivity index (χ2n) is 16.1. The molecular weight excluding hydrogens is 752 g/mol. The van der Waals surface area contributed by atoms with Crippen molar-refractivity contribution >= 4 is 35.4 Å². The Kier molecular flexibility index (Phi) is 17.2. The fourth-order valence-electron chi connectivity index (χ4n) is 7.78. The number of nitrogens with one attached hydrogen (secondary N) is 5. The van der Waals surface area contributed by atoms with Crippen molar-refractivity contribution in [2.24, 2.45) is 5.73 Å². The van der Waals surface area contributed by atoms with E-state index in [1.165, 1.54) is 19.1 Å². The number of carbonyl (C=O) groups excluding carboxylic acids is 6. The third-order valence-electron chi connectivity index (χ3n) is 11.1. The van der Waals surface area contributed by atoms with Gasteiger partial charge in [-0.1, -0.05) is 51.2 Å². The van der Waals surface area contributed by atoms with Crippen LogP contribution in [0.5, 0.6) is 5.75 Å². The lowest BCUT2D eigenvalue weighted by molar-refractivity contribution is -0.160. The molecule has 3 saturated heterocycles. The molecule has 3 heterocycles. The molecule has 18 heteroatoms. The molecule has 1 aromatic carbocycles. The molecule has 3 fully saturated rings. The number of aryl methyl sites for hydroxylation is 1. The molecule has 6 unspecified atom stereocenters. The zero-order chi connectivity index (χ0) is 42.6. The van der Waals surface area contributed by atoms with Gasteiger partial charge in [-0.2, -0.15) is 0 Å². The van der Waals surface area contributed by atoms with E-state index in [-0.39, 0.29) is 57.5 Å². The van der Waals surface area contributed by atoms with Crippen LogP contribution >= 0.6 is 0 Å². The summed E-state index contributed by atoms with van der Waals surface area (Å²) in [5.74, 6) is -4.67. The Morgan fingerprint density at radius 1 is 0.897 bits per heavy atom. The number of fused-ring (bicyclic) bond motifs is 2. The molecule has 4 rings (SSSR count). The first-order chi connectivity index (χ1) is 27.5. The van der Waals surface area contributed by atoms with E-state index >= 15 is 0 Å². The van der Waals surface area contributed by atoms with Crippen molar-refractivity contribution in [1.82, 2.24) is 36.4 Å². The summed E-state index contributed by atoms with van der Waals surface area (Å²) < 4.78 is 0. The first-order valence-corrected chi connectivity index (χ1v) is 20.7. The number of nitrogens with two attached hydrogens (primary N) is 1. The average Bonchev–Trinajstić information content (AvgIpc) is 3.77. The molecule has 18 nitrogen and oxygen atoms in total. The fourth-order valence-corrected chi connectivity index (χ4v) is 7.78. The first kappa shape index (κ1) is 46.3. The Hall–Kier alpha value is -4.36. The lowest BCUT2D eigenvalue weighted by atomic mass is 10.0. The number of unbranched alkanes of at least 4 members (excludes halogenated alkanes) is 5. The van der Waals surface area contributed by atoms with Gasteiger partial charge in [0.05, 0.1) is 18.2 Å². The standard InChI is InChI=1S/C40H64N8O10/c1-4-5-6-7-8-9-18-42-29-11-10-19-43-36(54)31-20-26(41)22-48(31)39(57)40(3,58)46-35(53)30(17-14-25-12-15-27(50)16-13-25)44-37(55)32-21-28(51)23-47(32)38(56)33(24(2)49)45-34(29)52/h12-13,15-16,24,26,28-33,42,49-51,58H,4-11,14,17-23,41H2,1-3H3,(H,43,54)(H,44,55)(H,45,52)(H,46,53)/t24-,26?,28-,29?,30?,31?,32?,33?,40-/m1/s1. The Morgan fingerprint density at radius 2 is 1.57 bits per heavy atom. The summed E-state index contributed by atoms with van der Waals surface area (Å²) >= 11 is 0. The van der Waals surface area contributed by atoms with Crippen LogP contribution < -0.4 is 32.3 Å². The molecule has 3 aliphatic heterocycles. The highest BCUT2D eigenvalue weighted by molar-refractivity contribution is 5.98. The normalized spacial score (nSPS) is 30.1. The van der Waals surface area contributed by atoms with Crippen molar-refractivity contribution in [2.45, 2.75) is 152 Å². The van der Waals surface area contributed by atoms with E-state index in [0.717, 1.165) is 55.2 Å². The van der Waals surface area contributed by atoms with Crippen LogP contribution in [-0.4, -0.2) is 146 Å². The van der Waals surface area contributed by atoms with Gasteiger partial charge in [-0.3, -0.25) is 28.8 Å². The van der Waals surface area contributed by atoms with Crippen LogP contribution in [-0.2, 0) is 35.2 Å². The van der Waals surface area contributed by atoms with E-state index in [4.69, 9.17) is 5.73 Å². The van der Waals surface area contributed by atoms with Crippen LogP contribution in [0.2, 0.25) is 0 Å². The largest absolute Gasteiger partial charge is 0.508 e. The average molecular weight is 817 g/mol. The molecule has 58 heavy (non-hydrogen) atoms. The number of aromatic hydroxyl groups is 1. The summed E-state index contributed by atoms with van der Waals surface area (Å²) in [4.78, 5) is 85.3. The van der Waals surface area contributed by atoms with Crippen molar-refractivity contribution in [1.29, 1.82) is 0 Å². The van der Waals surface area contributed by atoms with Gasteiger partial charge < -0.3 is 62.5 Å². The number of amides is 6. The van der Waals surface area contributed by atoms with Gasteiger partial charge >= 0.3 is 0 Å². The maximum Gasteiger partial charge on any atom is 0.276 e. The van der Waals surface area contributed by atoms with Crippen molar-refractivity contribution in [2.75, 3.05) is 26.2 Å². The summed E-state index contributed by atoms with van der Waals surface area (Å²) in [6.45, 7) is 4.78. The Labute approximate surface area is 340 Å². The van der Waals surface area contributed by atoms with E-state index in [1.54, 1.807) is 12.1 Å². The summed E-state index contributed by atoms with van der Waals surface area (Å²) in [6, 6.07) is -0.525. The number of phenolic OH excluding ortho intramolecular Hbond substituents is 1. The van der Waals surface area contributed by atoms with Crippen molar-refractivity contribution in [3.8, 4) is 5.75 Å². The van der Waals surface area contributed by atoms with E-state index in [1.807, 2.05) is 0 Å². The van der Waals surface area contributed by atoms with Crippen LogP contribution in [0.1, 0.15) is 97.0 Å². The zero-order valence-corrected chi connectivity index (χ0v) is 34.0. The Morgan fingerprint density at radius 3 is 2.26 bits per heavy atom. The fraction of sp³-hybridized carbons (Fsp3) is 0.700. The predicted molar refractivity (Wildman–Crippen MR) is 212 cm³/mol. The minimum atomic E-state index is -2.54. The van der Waals surface area contributed by atoms with Crippen molar-refractivity contribution < 1.29 is 49.2 Å². The van der Waals surface area contributed by atoms with Crippen LogP contribution in [0.4, 0.5) is 0 Å². The third kappa shape index (κ3) is 12.8. The summed E-state index contributed by atoms with van der Waals surface area (Å²) in [5, 5.41) is 56.3. The van der Waals surface area contributed by atoms with Gasteiger partial charge in [0.2, 0.25) is 35.3 Å². The highest BCUT2D eigenvalue weighted by Crippen LogP contribution is 2.23. The number of aliphatic hydroxyl groups excluding tert-OH is 2. The second-order valence-corrected chi connectivity index (χ2v) is 16.1. The molecule has 11 N–H and O–H groups in total. The zero-order valence-electron chi connectivity index (χ0n) is 34.0. The van der Waals surface area contributed by atoms with Gasteiger partial charge in [-0.25, -0.2) is 0 Å². The summed E-state index contributed by atoms with van der Waals surface area (Å²) in [7, 11) is 0. The van der Waals surface area contributed by atoms with E-state index in [9.17, 15) is 49.2 Å². The molecular formula is C40H64N8O10. The van der Waals surface area contributed by atoms with Crippen molar-refractivity contribution in [3.63, 3.8) is 0 Å². The molecule has 1 aromatic rings. The number of phenols is 1. The van der Waals surface area contributed by atoms with Gasteiger partial charge in [0.15, 0.2) is 0 Å². The number of aliphatic hydroxyl groups is 3. The molecule has 0 aromatic heterocycles. The molecule has 0 spiro atoms. The number of nitrogens with zero attached hydrogens (tertiary/aromatic N) is 2. The lowest BCUT2D eigenvalue weighted by Gasteiger charge is -2.33. The Bertz CT molecular complexity index is 1580. The van der Waals surface area contributed by atoms with Crippen LogP contribution in [0.25, 0.3) is 0 Å². The second kappa shape index (κ2) is 21.6. The molecule has 6 amide bonds. The van der Waals surface area contributed by atoms with Crippen LogP contribution in [0.15, 0.2) is 24.3 Å². The quantitative estimate of drug-likeness (QED) is 0.109. The third-order valence-corrected chi connectivity index (χ3v) is 11.1. The predicted octanol–water partition coefficient (Wildman–Crippen LogP) is -1.38. The molecule has 0 aliphatic carbocycles. The maximum absolute atomic E-state index is 14.1.